The van der Waals surface area contributed by atoms with Crippen LogP contribution in [0.1, 0.15) is 16.7 Å². The molecule has 5 rings (SSSR count). The van der Waals surface area contributed by atoms with Crippen molar-refractivity contribution in [1.82, 2.24) is 9.80 Å². The number of anilines is 1. The van der Waals surface area contributed by atoms with E-state index in [1.807, 2.05) is 67.6 Å². The van der Waals surface area contributed by atoms with Crippen LogP contribution in [0.2, 0.25) is 0 Å². The molecule has 0 saturated carbocycles. The third kappa shape index (κ3) is 6.87. The van der Waals surface area contributed by atoms with E-state index in [0.717, 1.165) is 31.5 Å². The first-order valence-corrected chi connectivity index (χ1v) is 15.1. The van der Waals surface area contributed by atoms with E-state index in [4.69, 9.17) is 9.47 Å². The van der Waals surface area contributed by atoms with E-state index in [1.54, 1.807) is 24.2 Å². The zero-order valence-corrected chi connectivity index (χ0v) is 25.8. The molecule has 2 heterocycles. The molecule has 0 bridgehead atoms. The summed E-state index contributed by atoms with van der Waals surface area (Å²) in [5.41, 5.74) is 4.04. The summed E-state index contributed by atoms with van der Waals surface area (Å²) in [5.74, 6) is 0.439. The minimum atomic E-state index is -0.468. The second kappa shape index (κ2) is 13.0. The van der Waals surface area contributed by atoms with Crippen LogP contribution >= 0.6 is 34.4 Å². The van der Waals surface area contributed by atoms with Crippen molar-refractivity contribution < 1.29 is 23.9 Å². The Bertz CT molecular complexity index is 1470. The molecule has 0 spiro atoms. The molecule has 3 aromatic carbocycles. The number of methoxy groups -OCH3 is 1. The first kappa shape index (κ1) is 29.0. The summed E-state index contributed by atoms with van der Waals surface area (Å²) in [4.78, 5) is 44.1. The van der Waals surface area contributed by atoms with Crippen molar-refractivity contribution in [3.05, 3.63) is 91.9 Å². The van der Waals surface area contributed by atoms with E-state index in [-0.39, 0.29) is 17.4 Å². The summed E-state index contributed by atoms with van der Waals surface area (Å²) < 4.78 is 12.5. The fraction of sp³-hybridized carbons (Fsp3) is 0.258. The average molecular weight is 684 g/mol. The van der Waals surface area contributed by atoms with Gasteiger partial charge in [-0.15, -0.1) is 0 Å². The van der Waals surface area contributed by atoms with Gasteiger partial charge >= 0.3 is 0 Å². The average Bonchev–Trinajstić information content (AvgIpc) is 3.24. The van der Waals surface area contributed by atoms with Crippen LogP contribution in [-0.2, 0) is 16.2 Å². The first-order valence-electron chi connectivity index (χ1n) is 13.2. The first-order chi connectivity index (χ1) is 19.8. The van der Waals surface area contributed by atoms with E-state index in [9.17, 15) is 14.4 Å². The highest BCUT2D eigenvalue weighted by atomic mass is 127. The lowest BCUT2D eigenvalue weighted by Gasteiger charge is -2.36. The number of aryl methyl sites for hydroxylation is 1. The number of rotatable bonds is 8. The van der Waals surface area contributed by atoms with Gasteiger partial charge in [-0.3, -0.25) is 19.3 Å². The van der Waals surface area contributed by atoms with Gasteiger partial charge in [0, 0.05) is 31.9 Å². The monoisotopic (exact) mass is 683 g/mol. The zero-order valence-electron chi connectivity index (χ0n) is 22.8. The fourth-order valence-corrected chi connectivity index (χ4v) is 6.30. The van der Waals surface area contributed by atoms with Crippen molar-refractivity contribution in [1.29, 1.82) is 0 Å². The Labute approximate surface area is 257 Å². The molecule has 212 valence electrons. The van der Waals surface area contributed by atoms with Crippen LogP contribution in [0.4, 0.5) is 10.5 Å². The second-order valence-corrected chi connectivity index (χ2v) is 11.9. The van der Waals surface area contributed by atoms with Crippen LogP contribution in [0.15, 0.2) is 71.6 Å². The molecule has 41 heavy (non-hydrogen) atoms. The molecule has 3 aromatic rings. The summed E-state index contributed by atoms with van der Waals surface area (Å²) in [7, 11) is 1.56. The number of nitrogens with zero attached hydrogens (tertiary/aromatic N) is 3. The molecule has 8 nitrogen and oxygen atoms in total. The van der Waals surface area contributed by atoms with Gasteiger partial charge in [-0.1, -0.05) is 48.0 Å². The SMILES string of the molecule is COc1cc(/C=C2\SC(=O)N(CC(=O)N3CCN(c4ccccc4)CC3)C2=O)cc(I)c1OCc1ccc(C)cc1. The lowest BCUT2D eigenvalue weighted by molar-refractivity contribution is -0.136. The van der Waals surface area contributed by atoms with Gasteiger partial charge in [0.15, 0.2) is 11.5 Å². The second-order valence-electron chi connectivity index (χ2n) is 9.78. The van der Waals surface area contributed by atoms with Gasteiger partial charge in [-0.05, 0) is 82.7 Å². The lowest BCUT2D eigenvalue weighted by atomic mass is 10.1. The molecule has 2 saturated heterocycles. The highest BCUT2D eigenvalue weighted by Crippen LogP contribution is 2.37. The van der Waals surface area contributed by atoms with E-state index in [0.29, 0.717) is 49.8 Å². The minimum absolute atomic E-state index is 0.229. The molecule has 2 aliphatic rings. The normalized spacial score (nSPS) is 16.5. The molecular weight excluding hydrogens is 653 g/mol. The van der Waals surface area contributed by atoms with Gasteiger partial charge in [-0.25, -0.2) is 0 Å². The van der Waals surface area contributed by atoms with Crippen molar-refractivity contribution >= 4 is 63.2 Å². The maximum absolute atomic E-state index is 13.1. The maximum Gasteiger partial charge on any atom is 0.294 e. The Kier molecular flexibility index (Phi) is 9.19. The molecule has 0 N–H and O–H groups in total. The standard InChI is InChI=1S/C31H30IN3O5S/c1-21-8-10-22(11-9-21)20-40-29-25(32)16-23(17-26(29)39-2)18-27-30(37)35(31(38)41-27)19-28(36)34-14-12-33(13-15-34)24-6-4-3-5-7-24/h3-11,16-18H,12-15,19-20H2,1-2H3/b27-18-. The van der Waals surface area contributed by atoms with Crippen LogP contribution in [0.25, 0.3) is 6.08 Å². The van der Waals surface area contributed by atoms with Crippen LogP contribution in [0.3, 0.4) is 0 Å². The number of imide groups is 1. The maximum atomic E-state index is 13.1. The molecule has 2 fully saturated rings. The number of halogens is 1. The minimum Gasteiger partial charge on any atom is -0.493 e. The number of hydrogen-bond acceptors (Lipinski definition) is 7. The highest BCUT2D eigenvalue weighted by Gasteiger charge is 2.37. The number of carbonyl (C=O) groups excluding carboxylic acids is 3. The van der Waals surface area contributed by atoms with Crippen molar-refractivity contribution in [2.75, 3.05) is 44.7 Å². The number of thioether (sulfide) groups is 1. The van der Waals surface area contributed by atoms with E-state index < -0.39 is 11.1 Å². The molecule has 0 aromatic heterocycles. The topological polar surface area (TPSA) is 79.4 Å². The Balaban J connectivity index is 1.22. The number of carbonyl (C=O) groups is 3. The van der Waals surface area contributed by atoms with Gasteiger partial charge in [0.1, 0.15) is 13.2 Å². The lowest BCUT2D eigenvalue weighted by Crippen LogP contribution is -2.51. The van der Waals surface area contributed by atoms with Gasteiger partial charge < -0.3 is 19.3 Å². The molecule has 2 aliphatic heterocycles. The quantitative estimate of drug-likeness (QED) is 0.227. The summed E-state index contributed by atoms with van der Waals surface area (Å²) in [6.07, 6.45) is 1.66. The molecule has 3 amide bonds. The van der Waals surface area contributed by atoms with Crippen molar-refractivity contribution in [3.63, 3.8) is 0 Å². The van der Waals surface area contributed by atoms with Crippen LogP contribution < -0.4 is 14.4 Å². The Morgan fingerprint density at radius 2 is 1.71 bits per heavy atom. The van der Waals surface area contributed by atoms with Crippen LogP contribution in [0.5, 0.6) is 11.5 Å². The number of piperazine rings is 1. The van der Waals surface area contributed by atoms with Crippen molar-refractivity contribution in [2.45, 2.75) is 13.5 Å². The Morgan fingerprint density at radius 3 is 2.39 bits per heavy atom. The third-order valence-electron chi connectivity index (χ3n) is 6.97. The number of benzene rings is 3. The summed E-state index contributed by atoms with van der Waals surface area (Å²) in [6, 6.07) is 21.8. The van der Waals surface area contributed by atoms with E-state index in [1.165, 1.54) is 5.56 Å². The van der Waals surface area contributed by atoms with Gasteiger partial charge in [0.2, 0.25) is 5.91 Å². The predicted molar refractivity (Wildman–Crippen MR) is 169 cm³/mol. The molecule has 0 atom stereocenters. The Hall–Kier alpha value is -3.51. The number of amides is 3. The number of para-hydroxylation sites is 1. The van der Waals surface area contributed by atoms with E-state index in [2.05, 4.69) is 27.5 Å². The molecule has 0 aliphatic carbocycles. The van der Waals surface area contributed by atoms with Gasteiger partial charge in [-0.2, -0.15) is 0 Å². The number of ether oxygens (including phenoxy) is 2. The molecule has 10 heteroatoms. The molecule has 0 unspecified atom stereocenters. The largest absolute Gasteiger partial charge is 0.493 e. The van der Waals surface area contributed by atoms with Gasteiger partial charge in [0.05, 0.1) is 15.6 Å². The predicted octanol–water partition coefficient (Wildman–Crippen LogP) is 5.57. The molecule has 0 radical (unpaired) electrons. The third-order valence-corrected chi connectivity index (χ3v) is 8.68. The summed E-state index contributed by atoms with van der Waals surface area (Å²) in [6.45, 7) is 4.63. The summed E-state index contributed by atoms with van der Waals surface area (Å²) >= 11 is 3.01. The van der Waals surface area contributed by atoms with Crippen LogP contribution in [0, 0.1) is 10.5 Å². The zero-order chi connectivity index (χ0) is 28.9. The van der Waals surface area contributed by atoms with Gasteiger partial charge in [0.25, 0.3) is 11.1 Å². The van der Waals surface area contributed by atoms with Crippen molar-refractivity contribution in [2.24, 2.45) is 0 Å². The Morgan fingerprint density at radius 1 is 1.00 bits per heavy atom. The summed E-state index contributed by atoms with van der Waals surface area (Å²) in [5, 5.41) is -0.447. The smallest absolute Gasteiger partial charge is 0.294 e. The van der Waals surface area contributed by atoms with Crippen molar-refractivity contribution in [3.8, 4) is 11.5 Å². The molecular formula is C31H30IN3O5S. The number of hydrogen-bond donors (Lipinski definition) is 0. The van der Waals surface area contributed by atoms with E-state index >= 15 is 0 Å². The fourth-order valence-electron chi connectivity index (χ4n) is 4.68. The highest BCUT2D eigenvalue weighted by molar-refractivity contribution is 14.1. The van der Waals surface area contributed by atoms with Crippen LogP contribution in [-0.4, -0.2) is 66.7 Å².